The summed E-state index contributed by atoms with van der Waals surface area (Å²) in [4.78, 5) is 0. The highest BCUT2D eigenvalue weighted by atomic mass is 28.3. The van der Waals surface area contributed by atoms with Crippen LogP contribution < -0.4 is 46.2 Å². The molecule has 288 valence electrons. The Hall–Kier alpha value is -6.99. The van der Waals surface area contributed by atoms with Crippen LogP contribution in [0.25, 0.3) is 27.5 Å². The monoisotopic (exact) mass is 803 g/mol. The van der Waals surface area contributed by atoms with E-state index in [1.807, 2.05) is 0 Å². The van der Waals surface area contributed by atoms with Gasteiger partial charge in [-0.2, -0.15) is 0 Å². The van der Waals surface area contributed by atoms with E-state index < -0.39 is 16.1 Å². The Kier molecular flexibility index (Phi) is 9.73. The molecule has 10 rings (SSSR count). The SMILES string of the molecule is COc1ccc([Si](c2ccccc2)(c2ccccc2)c2ccc3c(c2)c2cc([Si](c4ccccc4)(c4ccccc4)c4ccc(C)cc4)ccc2n3-c2ccccc2)cc1. The van der Waals surface area contributed by atoms with Crippen molar-refractivity contribution >= 4 is 79.4 Å². The summed E-state index contributed by atoms with van der Waals surface area (Å²) in [6.07, 6.45) is 0. The van der Waals surface area contributed by atoms with Crippen molar-refractivity contribution < 1.29 is 4.74 Å². The molecule has 0 aliphatic carbocycles. The molecule has 0 spiro atoms. The molecule has 0 fully saturated rings. The zero-order valence-corrected chi connectivity index (χ0v) is 35.9. The zero-order valence-electron chi connectivity index (χ0n) is 33.9. The van der Waals surface area contributed by atoms with E-state index in [1.165, 1.54) is 68.9 Å². The van der Waals surface area contributed by atoms with E-state index in [1.54, 1.807) is 7.11 Å². The fourth-order valence-electron chi connectivity index (χ4n) is 9.74. The smallest absolute Gasteiger partial charge is 0.179 e. The molecule has 1 aromatic heterocycles. The number of hydrogen-bond acceptors (Lipinski definition) is 1. The zero-order chi connectivity index (χ0) is 40.5. The van der Waals surface area contributed by atoms with Gasteiger partial charge in [0.05, 0.1) is 18.1 Å². The normalized spacial score (nSPS) is 11.8. The molecule has 1 heterocycles. The number of para-hydroxylation sites is 1. The third kappa shape index (κ3) is 6.07. The lowest BCUT2D eigenvalue weighted by Gasteiger charge is -2.35. The van der Waals surface area contributed by atoms with Gasteiger partial charge in [0.2, 0.25) is 0 Å². The third-order valence-corrected chi connectivity index (χ3v) is 22.0. The van der Waals surface area contributed by atoms with Crippen LogP contribution in [-0.2, 0) is 0 Å². The van der Waals surface area contributed by atoms with Crippen LogP contribution in [-0.4, -0.2) is 27.8 Å². The van der Waals surface area contributed by atoms with Crippen molar-refractivity contribution in [3.63, 3.8) is 0 Å². The van der Waals surface area contributed by atoms with Crippen molar-refractivity contribution in [2.45, 2.75) is 6.92 Å². The second-order valence-corrected chi connectivity index (χ2v) is 23.3. The quantitative estimate of drug-likeness (QED) is 0.102. The molecule has 10 aromatic rings. The van der Waals surface area contributed by atoms with Crippen molar-refractivity contribution in [1.82, 2.24) is 4.57 Å². The first-order valence-corrected chi connectivity index (χ1v) is 24.7. The van der Waals surface area contributed by atoms with E-state index in [2.05, 4.69) is 248 Å². The Morgan fingerprint density at radius 3 is 1.02 bits per heavy atom. The Bertz CT molecular complexity index is 2960. The predicted octanol–water partition coefficient (Wildman–Crippen LogP) is 7.86. The molecule has 9 aromatic carbocycles. The van der Waals surface area contributed by atoms with Crippen LogP contribution in [0.3, 0.4) is 0 Å². The first-order valence-electron chi connectivity index (χ1n) is 20.7. The van der Waals surface area contributed by atoms with E-state index in [4.69, 9.17) is 4.74 Å². The second-order valence-electron chi connectivity index (χ2n) is 15.7. The summed E-state index contributed by atoms with van der Waals surface area (Å²) in [7, 11) is -3.97. The molecule has 0 unspecified atom stereocenters. The van der Waals surface area contributed by atoms with E-state index in [-0.39, 0.29) is 0 Å². The first-order chi connectivity index (χ1) is 29.6. The molecule has 0 N–H and O–H groups in total. The lowest BCUT2D eigenvalue weighted by atomic mass is 10.1. The minimum absolute atomic E-state index is 0.856. The van der Waals surface area contributed by atoms with E-state index in [9.17, 15) is 0 Å². The van der Waals surface area contributed by atoms with Gasteiger partial charge in [0, 0.05) is 16.5 Å². The molecule has 2 nitrogen and oxygen atoms in total. The van der Waals surface area contributed by atoms with E-state index in [0.717, 1.165) is 11.4 Å². The Morgan fingerprint density at radius 1 is 0.333 bits per heavy atom. The highest BCUT2D eigenvalue weighted by Crippen LogP contribution is 2.32. The van der Waals surface area contributed by atoms with Crippen molar-refractivity contribution in [2.75, 3.05) is 7.11 Å². The average Bonchev–Trinajstić information content (AvgIpc) is 3.65. The fraction of sp³-hybridized carbons (Fsp3) is 0.0357. The van der Waals surface area contributed by atoms with Crippen LogP contribution in [0.5, 0.6) is 5.75 Å². The number of aryl methyl sites for hydroxylation is 1. The third-order valence-electron chi connectivity index (χ3n) is 12.5. The standard InChI is InChI=1S/C56H45NOSi2/c1-42-28-32-49(33-29-42)59(45-20-10-4-11-21-45,46-22-12-5-13-23-46)51-36-38-55-53(40-51)54-41-52(37-39-56(54)57(55)43-18-8-3-9-19-43)60(47-24-14-6-15-25-47,48-26-16-7-17-27-48)50-34-30-44(58-2)31-35-50/h3-41H,1-2H3. The lowest BCUT2D eigenvalue weighted by Crippen LogP contribution is -2.74. The van der Waals surface area contributed by atoms with E-state index in [0.29, 0.717) is 0 Å². The van der Waals surface area contributed by atoms with Gasteiger partial charge in [-0.1, -0.05) is 206 Å². The van der Waals surface area contributed by atoms with Gasteiger partial charge in [0.15, 0.2) is 16.1 Å². The van der Waals surface area contributed by atoms with Crippen LogP contribution in [0.1, 0.15) is 5.56 Å². The molecular formula is C56H45NOSi2. The van der Waals surface area contributed by atoms with Gasteiger partial charge in [-0.3, -0.25) is 0 Å². The van der Waals surface area contributed by atoms with Crippen LogP contribution in [0, 0.1) is 6.92 Å². The average molecular weight is 804 g/mol. The summed E-state index contributed by atoms with van der Waals surface area (Å²) >= 11 is 0. The second kappa shape index (κ2) is 15.6. The molecule has 0 aliphatic rings. The molecule has 60 heavy (non-hydrogen) atoms. The van der Waals surface area contributed by atoms with E-state index >= 15 is 0 Å². The maximum atomic E-state index is 5.71. The fourth-order valence-corrected chi connectivity index (χ4v) is 19.2. The number of rotatable bonds is 10. The number of ether oxygens (including phenoxy) is 1. The van der Waals surface area contributed by atoms with Gasteiger partial charge in [-0.25, -0.2) is 0 Å². The highest BCUT2D eigenvalue weighted by molar-refractivity contribution is 7.20. The Balaban J connectivity index is 1.34. The summed E-state index contributed by atoms with van der Waals surface area (Å²) in [5, 5.41) is 13.3. The van der Waals surface area contributed by atoms with Crippen LogP contribution in [0.15, 0.2) is 237 Å². The number of hydrogen-bond donors (Lipinski definition) is 0. The maximum Gasteiger partial charge on any atom is 0.179 e. The lowest BCUT2D eigenvalue weighted by molar-refractivity contribution is 0.415. The molecule has 0 aliphatic heterocycles. The van der Waals surface area contributed by atoms with Crippen molar-refractivity contribution in [2.24, 2.45) is 0 Å². The molecule has 0 saturated heterocycles. The van der Waals surface area contributed by atoms with Gasteiger partial charge in [-0.05, 0) is 84.8 Å². The van der Waals surface area contributed by atoms with Gasteiger partial charge >= 0.3 is 0 Å². The van der Waals surface area contributed by atoms with Gasteiger partial charge in [0.1, 0.15) is 5.75 Å². The summed E-state index contributed by atoms with van der Waals surface area (Å²) in [6.45, 7) is 2.18. The van der Waals surface area contributed by atoms with Crippen molar-refractivity contribution in [1.29, 1.82) is 0 Å². The predicted molar refractivity (Wildman–Crippen MR) is 259 cm³/mol. The van der Waals surface area contributed by atoms with Crippen molar-refractivity contribution in [3.05, 3.63) is 242 Å². The van der Waals surface area contributed by atoms with Crippen LogP contribution >= 0.6 is 0 Å². The molecule has 0 saturated carbocycles. The topological polar surface area (TPSA) is 14.2 Å². The molecule has 0 atom stereocenters. The van der Waals surface area contributed by atoms with Gasteiger partial charge in [0.25, 0.3) is 0 Å². The Morgan fingerprint density at radius 2 is 0.650 bits per heavy atom. The minimum atomic E-state index is -2.88. The molecular weight excluding hydrogens is 759 g/mol. The largest absolute Gasteiger partial charge is 0.497 e. The summed E-state index contributed by atoms with van der Waals surface area (Å²) in [5.41, 5.74) is 4.80. The van der Waals surface area contributed by atoms with Gasteiger partial charge in [-0.15, -0.1) is 0 Å². The number of aromatic nitrogens is 1. The number of nitrogens with zero attached hydrogens (tertiary/aromatic N) is 1. The van der Waals surface area contributed by atoms with Crippen LogP contribution in [0.4, 0.5) is 0 Å². The molecule has 0 radical (unpaired) electrons. The number of fused-ring (bicyclic) bond motifs is 3. The van der Waals surface area contributed by atoms with Crippen LogP contribution in [0.2, 0.25) is 0 Å². The summed E-state index contributed by atoms with van der Waals surface area (Å²) < 4.78 is 8.16. The number of benzene rings is 9. The maximum absolute atomic E-state index is 5.71. The van der Waals surface area contributed by atoms with Crippen molar-refractivity contribution in [3.8, 4) is 11.4 Å². The first kappa shape index (κ1) is 37.3. The molecule has 0 bridgehead atoms. The summed E-state index contributed by atoms with van der Waals surface area (Å²) in [6, 6.07) is 88.6. The number of methoxy groups -OCH3 is 1. The Labute approximate surface area is 354 Å². The summed E-state index contributed by atoms with van der Waals surface area (Å²) in [5.74, 6) is 0.856. The highest BCUT2D eigenvalue weighted by Gasteiger charge is 2.43. The van der Waals surface area contributed by atoms with Gasteiger partial charge < -0.3 is 9.30 Å². The molecule has 4 heteroatoms. The minimum Gasteiger partial charge on any atom is -0.497 e. The molecule has 0 amide bonds.